The van der Waals surface area contributed by atoms with E-state index < -0.39 is 11.9 Å². The molecule has 7 heteroatoms. The first-order valence-electron chi connectivity index (χ1n) is 7.06. The van der Waals surface area contributed by atoms with Crippen LogP contribution >= 0.6 is 11.3 Å². The largest absolute Gasteiger partial charge is 0.481 e. The Morgan fingerprint density at radius 1 is 1.45 bits per heavy atom. The van der Waals surface area contributed by atoms with Gasteiger partial charge in [0, 0.05) is 37.3 Å². The number of likely N-dealkylation sites (tertiary alicyclic amines) is 1. The fourth-order valence-corrected chi connectivity index (χ4v) is 3.34. The highest BCUT2D eigenvalue weighted by atomic mass is 32.1. The summed E-state index contributed by atoms with van der Waals surface area (Å²) < 4.78 is 1.78. The zero-order valence-corrected chi connectivity index (χ0v) is 13.3. The van der Waals surface area contributed by atoms with Crippen LogP contribution in [0.1, 0.15) is 21.9 Å². The molecule has 1 fully saturated rings. The zero-order chi connectivity index (χ0) is 15.9. The number of carboxylic acid groups (broad SMARTS) is 1. The average Bonchev–Trinajstić information content (AvgIpc) is 3.16. The molecule has 22 heavy (non-hydrogen) atoms. The van der Waals surface area contributed by atoms with Crippen LogP contribution in [-0.2, 0) is 11.8 Å². The van der Waals surface area contributed by atoms with Crippen molar-refractivity contribution in [1.29, 1.82) is 0 Å². The number of hydrogen-bond acceptors (Lipinski definition) is 4. The van der Waals surface area contributed by atoms with E-state index in [9.17, 15) is 9.59 Å². The molecule has 0 spiro atoms. The molecular weight excluding hydrogens is 302 g/mol. The predicted octanol–water partition coefficient (Wildman–Crippen LogP) is 2.00. The number of nitrogens with zero attached hydrogens (tertiary/aromatic N) is 3. The third kappa shape index (κ3) is 2.64. The zero-order valence-electron chi connectivity index (χ0n) is 12.4. The van der Waals surface area contributed by atoms with Crippen molar-refractivity contribution >= 4 is 23.2 Å². The molecule has 1 aliphatic heterocycles. The van der Waals surface area contributed by atoms with Crippen molar-refractivity contribution < 1.29 is 14.7 Å². The quantitative estimate of drug-likeness (QED) is 0.939. The highest BCUT2D eigenvalue weighted by molar-refractivity contribution is 7.09. The molecule has 3 heterocycles. The van der Waals surface area contributed by atoms with Crippen LogP contribution in [-0.4, -0.2) is 44.5 Å². The van der Waals surface area contributed by atoms with Gasteiger partial charge in [0.1, 0.15) is 5.69 Å². The Balaban J connectivity index is 1.82. The molecule has 0 unspecified atom stereocenters. The van der Waals surface area contributed by atoms with E-state index in [2.05, 4.69) is 4.98 Å². The maximum Gasteiger partial charge on any atom is 0.308 e. The van der Waals surface area contributed by atoms with E-state index in [1.807, 2.05) is 31.6 Å². The van der Waals surface area contributed by atoms with E-state index in [0.29, 0.717) is 18.7 Å². The van der Waals surface area contributed by atoms with Crippen molar-refractivity contribution in [3.05, 3.63) is 28.3 Å². The summed E-state index contributed by atoms with van der Waals surface area (Å²) in [6.07, 6.45) is 2.40. The third-order valence-electron chi connectivity index (χ3n) is 3.96. The highest BCUT2D eigenvalue weighted by Crippen LogP contribution is 2.25. The van der Waals surface area contributed by atoms with Gasteiger partial charge in [-0.05, 0) is 19.4 Å². The van der Waals surface area contributed by atoms with E-state index in [0.717, 1.165) is 16.3 Å². The molecule has 2 aromatic rings. The van der Waals surface area contributed by atoms with Crippen LogP contribution in [0, 0.1) is 12.8 Å². The lowest BCUT2D eigenvalue weighted by Gasteiger charge is -2.15. The first-order valence-corrected chi connectivity index (χ1v) is 7.94. The second kappa shape index (κ2) is 5.57. The number of aliphatic carboxylic acids is 1. The lowest BCUT2D eigenvalue weighted by atomic mass is 10.1. The fraction of sp³-hybridized carbons (Fsp3) is 0.400. The van der Waals surface area contributed by atoms with Gasteiger partial charge < -0.3 is 14.6 Å². The molecule has 3 rings (SSSR count). The van der Waals surface area contributed by atoms with Crippen molar-refractivity contribution in [1.82, 2.24) is 14.5 Å². The Morgan fingerprint density at radius 3 is 2.82 bits per heavy atom. The van der Waals surface area contributed by atoms with Gasteiger partial charge in [0.15, 0.2) is 0 Å². The number of carbonyl (C=O) groups is 2. The molecule has 116 valence electrons. The number of carboxylic acids is 1. The van der Waals surface area contributed by atoms with Crippen LogP contribution in [0.5, 0.6) is 0 Å². The number of hydrogen-bond donors (Lipinski definition) is 1. The first-order chi connectivity index (χ1) is 10.5. The first kappa shape index (κ1) is 14.8. The van der Waals surface area contributed by atoms with Crippen LogP contribution in [0.15, 0.2) is 17.6 Å². The number of aryl methyl sites for hydroxylation is 2. The Labute approximate surface area is 132 Å². The minimum absolute atomic E-state index is 0.121. The average molecular weight is 319 g/mol. The number of amides is 1. The van der Waals surface area contributed by atoms with Gasteiger partial charge in [0.25, 0.3) is 5.91 Å². The summed E-state index contributed by atoms with van der Waals surface area (Å²) in [6, 6.07) is 1.82. The lowest BCUT2D eigenvalue weighted by molar-refractivity contribution is -0.141. The minimum atomic E-state index is -0.833. The van der Waals surface area contributed by atoms with Crippen LogP contribution in [0.4, 0.5) is 0 Å². The van der Waals surface area contributed by atoms with Crippen molar-refractivity contribution in [2.24, 2.45) is 13.0 Å². The number of rotatable bonds is 3. The van der Waals surface area contributed by atoms with Crippen molar-refractivity contribution in [3.63, 3.8) is 0 Å². The Bertz CT molecular complexity index is 734. The molecule has 1 amide bonds. The van der Waals surface area contributed by atoms with Gasteiger partial charge in [-0.25, -0.2) is 4.98 Å². The topological polar surface area (TPSA) is 75.4 Å². The Morgan fingerprint density at radius 2 is 2.23 bits per heavy atom. The predicted molar refractivity (Wildman–Crippen MR) is 82.9 cm³/mol. The van der Waals surface area contributed by atoms with Crippen LogP contribution < -0.4 is 0 Å². The molecule has 1 aliphatic rings. The van der Waals surface area contributed by atoms with Gasteiger partial charge in [-0.3, -0.25) is 9.59 Å². The van der Waals surface area contributed by atoms with Gasteiger partial charge in [0.2, 0.25) is 0 Å². The van der Waals surface area contributed by atoms with Crippen LogP contribution in [0.25, 0.3) is 11.3 Å². The smallest absolute Gasteiger partial charge is 0.308 e. The number of carbonyl (C=O) groups excluding carboxylic acids is 1. The summed E-state index contributed by atoms with van der Waals surface area (Å²) in [6.45, 7) is 2.72. The normalized spacial score (nSPS) is 17.9. The maximum absolute atomic E-state index is 12.6. The summed E-state index contributed by atoms with van der Waals surface area (Å²) in [5.74, 6) is -1.41. The van der Waals surface area contributed by atoms with E-state index in [-0.39, 0.29) is 12.5 Å². The summed E-state index contributed by atoms with van der Waals surface area (Å²) in [5, 5.41) is 12.0. The molecule has 0 radical (unpaired) electrons. The van der Waals surface area contributed by atoms with E-state index in [4.69, 9.17) is 5.11 Å². The number of aromatic nitrogens is 2. The fourth-order valence-electron chi connectivity index (χ4n) is 2.72. The molecule has 0 saturated carbocycles. The van der Waals surface area contributed by atoms with Gasteiger partial charge in [0.05, 0.1) is 16.6 Å². The maximum atomic E-state index is 12.6. The summed E-state index contributed by atoms with van der Waals surface area (Å²) in [7, 11) is 1.82. The standard InChI is InChI=1S/C15H17N3O3S/c1-9-16-12(8-22-9)11-5-13(17(2)6-11)14(19)18-4-3-10(7-18)15(20)21/h5-6,8,10H,3-4,7H2,1-2H3,(H,20,21)/t10-/m1/s1. The Hall–Kier alpha value is -2.15. The molecule has 0 aromatic carbocycles. The molecule has 6 nitrogen and oxygen atoms in total. The minimum Gasteiger partial charge on any atom is -0.481 e. The van der Waals surface area contributed by atoms with E-state index >= 15 is 0 Å². The third-order valence-corrected chi connectivity index (χ3v) is 4.74. The molecule has 2 aromatic heterocycles. The van der Waals surface area contributed by atoms with Gasteiger partial charge in [-0.2, -0.15) is 0 Å². The summed E-state index contributed by atoms with van der Waals surface area (Å²) in [5.41, 5.74) is 2.33. The second-order valence-corrected chi connectivity index (χ2v) is 6.61. The van der Waals surface area contributed by atoms with Crippen LogP contribution in [0.2, 0.25) is 0 Å². The van der Waals surface area contributed by atoms with Gasteiger partial charge in [-0.15, -0.1) is 11.3 Å². The molecule has 1 atom stereocenters. The van der Waals surface area contributed by atoms with E-state index in [1.54, 1.807) is 20.8 Å². The molecule has 1 N–H and O–H groups in total. The molecule has 0 aliphatic carbocycles. The van der Waals surface area contributed by atoms with Gasteiger partial charge >= 0.3 is 5.97 Å². The molecular formula is C15H17N3O3S. The highest BCUT2D eigenvalue weighted by Gasteiger charge is 2.32. The second-order valence-electron chi connectivity index (χ2n) is 5.55. The molecule has 0 bridgehead atoms. The van der Waals surface area contributed by atoms with Gasteiger partial charge in [-0.1, -0.05) is 0 Å². The van der Waals surface area contributed by atoms with Crippen molar-refractivity contribution in [2.75, 3.05) is 13.1 Å². The SMILES string of the molecule is Cc1nc(-c2cc(C(=O)N3CC[C@@H](C(=O)O)C3)n(C)c2)cs1. The Kier molecular flexibility index (Phi) is 3.74. The van der Waals surface area contributed by atoms with E-state index in [1.165, 1.54) is 0 Å². The lowest BCUT2D eigenvalue weighted by Crippen LogP contribution is -2.31. The monoisotopic (exact) mass is 319 g/mol. The summed E-state index contributed by atoms with van der Waals surface area (Å²) >= 11 is 1.57. The van der Waals surface area contributed by atoms with Crippen molar-refractivity contribution in [3.8, 4) is 11.3 Å². The van der Waals surface area contributed by atoms with Crippen molar-refractivity contribution in [2.45, 2.75) is 13.3 Å². The summed E-state index contributed by atoms with van der Waals surface area (Å²) in [4.78, 5) is 29.6. The van der Waals surface area contributed by atoms with Crippen LogP contribution in [0.3, 0.4) is 0 Å². The number of thiazole rings is 1. The molecule has 1 saturated heterocycles.